The number of nitrogens with zero attached hydrogens (tertiary/aromatic N) is 2. The van der Waals surface area contributed by atoms with E-state index in [-0.39, 0.29) is 11.4 Å². The van der Waals surface area contributed by atoms with Crippen LogP contribution < -0.4 is 4.74 Å². The minimum Gasteiger partial charge on any atom is -0.477 e. The van der Waals surface area contributed by atoms with Gasteiger partial charge in [0.15, 0.2) is 0 Å². The maximum Gasteiger partial charge on any atom is 0.343 e. The second-order valence-electron chi connectivity index (χ2n) is 4.30. The standard InChI is InChI=1S/C14H16N2O3/c1-4-10-6-5-7-11(8-10)19-13-12(14(17)18)9(2)15-16(13)3/h5-8H,4H2,1-3H3,(H,17,18). The summed E-state index contributed by atoms with van der Waals surface area (Å²) in [6.07, 6.45) is 0.896. The topological polar surface area (TPSA) is 64.3 Å². The summed E-state index contributed by atoms with van der Waals surface area (Å²) in [4.78, 5) is 11.2. The summed E-state index contributed by atoms with van der Waals surface area (Å²) in [5.74, 6) is -0.171. The van der Waals surface area contributed by atoms with E-state index in [9.17, 15) is 9.90 Å². The number of hydrogen-bond acceptors (Lipinski definition) is 3. The molecule has 5 nitrogen and oxygen atoms in total. The molecule has 1 N–H and O–H groups in total. The molecule has 0 unspecified atom stereocenters. The minimum absolute atomic E-state index is 0.101. The van der Waals surface area contributed by atoms with Crippen molar-refractivity contribution in [2.45, 2.75) is 20.3 Å². The lowest BCUT2D eigenvalue weighted by molar-refractivity contribution is 0.0693. The van der Waals surface area contributed by atoms with Crippen LogP contribution in [0.5, 0.6) is 11.6 Å². The smallest absolute Gasteiger partial charge is 0.343 e. The van der Waals surface area contributed by atoms with Crippen molar-refractivity contribution in [2.75, 3.05) is 0 Å². The molecule has 5 heteroatoms. The van der Waals surface area contributed by atoms with Crippen molar-refractivity contribution in [3.63, 3.8) is 0 Å². The Balaban J connectivity index is 2.40. The van der Waals surface area contributed by atoms with Gasteiger partial charge in [-0.25, -0.2) is 9.48 Å². The van der Waals surface area contributed by atoms with E-state index in [0.29, 0.717) is 11.4 Å². The fraction of sp³-hybridized carbons (Fsp3) is 0.286. The number of aromatic nitrogens is 2. The van der Waals surface area contributed by atoms with Crippen LogP contribution in [0, 0.1) is 6.92 Å². The van der Waals surface area contributed by atoms with Crippen LogP contribution in [0.25, 0.3) is 0 Å². The molecule has 0 aliphatic rings. The molecule has 0 saturated heterocycles. The lowest BCUT2D eigenvalue weighted by Gasteiger charge is -2.08. The molecule has 0 bridgehead atoms. The first-order chi connectivity index (χ1) is 9.02. The van der Waals surface area contributed by atoms with E-state index in [1.807, 2.05) is 18.2 Å². The Morgan fingerprint density at radius 1 is 1.47 bits per heavy atom. The molecule has 2 rings (SSSR count). The molecule has 0 amide bonds. The van der Waals surface area contributed by atoms with Gasteiger partial charge in [0.2, 0.25) is 5.88 Å². The number of aryl methyl sites for hydroxylation is 3. The maximum absolute atomic E-state index is 11.2. The van der Waals surface area contributed by atoms with E-state index in [4.69, 9.17) is 4.74 Å². The highest BCUT2D eigenvalue weighted by Gasteiger charge is 2.21. The van der Waals surface area contributed by atoms with E-state index < -0.39 is 5.97 Å². The number of carbonyl (C=O) groups is 1. The monoisotopic (exact) mass is 260 g/mol. The quantitative estimate of drug-likeness (QED) is 0.918. The molecule has 1 aromatic carbocycles. The van der Waals surface area contributed by atoms with Gasteiger partial charge in [-0.05, 0) is 31.0 Å². The van der Waals surface area contributed by atoms with E-state index in [2.05, 4.69) is 12.0 Å². The molecule has 19 heavy (non-hydrogen) atoms. The molecule has 0 aliphatic carbocycles. The number of ether oxygens (including phenoxy) is 1. The highest BCUT2D eigenvalue weighted by atomic mass is 16.5. The zero-order valence-corrected chi connectivity index (χ0v) is 11.2. The molecule has 0 aliphatic heterocycles. The zero-order chi connectivity index (χ0) is 14.0. The van der Waals surface area contributed by atoms with Crippen LogP contribution >= 0.6 is 0 Å². The number of carboxylic acids is 1. The van der Waals surface area contributed by atoms with Crippen LogP contribution in [0.3, 0.4) is 0 Å². The summed E-state index contributed by atoms with van der Waals surface area (Å²) >= 11 is 0. The Hall–Kier alpha value is -2.30. The van der Waals surface area contributed by atoms with Gasteiger partial charge in [0.1, 0.15) is 11.3 Å². The number of benzene rings is 1. The van der Waals surface area contributed by atoms with Crippen molar-refractivity contribution < 1.29 is 14.6 Å². The lowest BCUT2D eigenvalue weighted by Crippen LogP contribution is -2.02. The van der Waals surface area contributed by atoms with Gasteiger partial charge >= 0.3 is 5.97 Å². The molecule has 0 saturated carbocycles. The highest BCUT2D eigenvalue weighted by molar-refractivity contribution is 5.91. The molecule has 0 fully saturated rings. The average Bonchev–Trinajstić information content (AvgIpc) is 2.64. The third-order valence-electron chi connectivity index (χ3n) is 2.90. The van der Waals surface area contributed by atoms with Gasteiger partial charge in [-0.15, -0.1) is 0 Å². The zero-order valence-electron chi connectivity index (χ0n) is 11.2. The van der Waals surface area contributed by atoms with Gasteiger partial charge in [0, 0.05) is 7.05 Å². The number of rotatable bonds is 4. The minimum atomic E-state index is -1.03. The average molecular weight is 260 g/mol. The summed E-state index contributed by atoms with van der Waals surface area (Å²) in [5, 5.41) is 13.3. The molecule has 0 atom stereocenters. The Morgan fingerprint density at radius 2 is 2.21 bits per heavy atom. The van der Waals surface area contributed by atoms with Crippen LogP contribution in [0.15, 0.2) is 24.3 Å². The summed E-state index contributed by atoms with van der Waals surface area (Å²) in [6.45, 7) is 3.70. The Kier molecular flexibility index (Phi) is 3.55. The predicted octanol–water partition coefficient (Wildman–Crippen LogP) is 2.78. The number of hydrogen-bond donors (Lipinski definition) is 1. The summed E-state index contributed by atoms with van der Waals surface area (Å²) < 4.78 is 7.13. The maximum atomic E-state index is 11.2. The van der Waals surface area contributed by atoms with Crippen LogP contribution in [-0.2, 0) is 13.5 Å². The lowest BCUT2D eigenvalue weighted by atomic mass is 10.2. The molecule has 0 spiro atoms. The van der Waals surface area contributed by atoms with Crippen molar-refractivity contribution in [2.24, 2.45) is 7.05 Å². The van der Waals surface area contributed by atoms with Crippen molar-refractivity contribution in [3.05, 3.63) is 41.1 Å². The van der Waals surface area contributed by atoms with Crippen molar-refractivity contribution in [3.8, 4) is 11.6 Å². The predicted molar refractivity (Wildman–Crippen MR) is 70.8 cm³/mol. The van der Waals surface area contributed by atoms with Gasteiger partial charge in [0.25, 0.3) is 0 Å². The Labute approximate surface area is 111 Å². The van der Waals surface area contributed by atoms with Gasteiger partial charge in [0.05, 0.1) is 5.69 Å². The third-order valence-corrected chi connectivity index (χ3v) is 2.90. The number of carboxylic acid groups (broad SMARTS) is 1. The third kappa shape index (κ3) is 2.59. The van der Waals surface area contributed by atoms with Crippen molar-refractivity contribution in [1.82, 2.24) is 9.78 Å². The van der Waals surface area contributed by atoms with Crippen molar-refractivity contribution >= 4 is 5.97 Å². The van der Waals surface area contributed by atoms with Crippen LogP contribution in [0.1, 0.15) is 28.5 Å². The van der Waals surface area contributed by atoms with Gasteiger partial charge < -0.3 is 9.84 Å². The highest BCUT2D eigenvalue weighted by Crippen LogP contribution is 2.27. The molecule has 1 aromatic heterocycles. The van der Waals surface area contributed by atoms with Gasteiger partial charge in [-0.3, -0.25) is 0 Å². The van der Waals surface area contributed by atoms with Crippen LogP contribution in [0.2, 0.25) is 0 Å². The largest absolute Gasteiger partial charge is 0.477 e. The van der Waals surface area contributed by atoms with Gasteiger partial charge in [-0.1, -0.05) is 19.1 Å². The molecule has 2 aromatic rings. The number of aromatic carboxylic acids is 1. The molecule has 100 valence electrons. The first-order valence-corrected chi connectivity index (χ1v) is 6.06. The Bertz CT molecular complexity index is 617. The fourth-order valence-electron chi connectivity index (χ4n) is 1.94. The second-order valence-corrected chi connectivity index (χ2v) is 4.30. The fourth-order valence-corrected chi connectivity index (χ4v) is 1.94. The Morgan fingerprint density at radius 3 is 2.84 bits per heavy atom. The van der Waals surface area contributed by atoms with Crippen molar-refractivity contribution in [1.29, 1.82) is 0 Å². The summed E-state index contributed by atoms with van der Waals surface area (Å²) in [7, 11) is 1.67. The summed E-state index contributed by atoms with van der Waals surface area (Å²) in [5.41, 5.74) is 1.68. The van der Waals surface area contributed by atoms with E-state index in [1.165, 1.54) is 4.68 Å². The second kappa shape index (κ2) is 5.14. The molecular formula is C14H16N2O3. The molecule has 1 heterocycles. The van der Waals surface area contributed by atoms with Gasteiger partial charge in [-0.2, -0.15) is 5.10 Å². The molecular weight excluding hydrogens is 244 g/mol. The van der Waals surface area contributed by atoms with E-state index >= 15 is 0 Å². The van der Waals surface area contributed by atoms with E-state index in [1.54, 1.807) is 20.0 Å². The van der Waals surface area contributed by atoms with Crippen LogP contribution in [-0.4, -0.2) is 20.9 Å². The first kappa shape index (κ1) is 13.1. The first-order valence-electron chi connectivity index (χ1n) is 6.06. The SMILES string of the molecule is CCc1cccc(Oc2c(C(=O)O)c(C)nn2C)c1. The summed E-state index contributed by atoms with van der Waals surface area (Å²) in [6, 6.07) is 7.58. The normalized spacial score (nSPS) is 10.5. The van der Waals surface area contributed by atoms with Crippen LogP contribution in [0.4, 0.5) is 0 Å². The van der Waals surface area contributed by atoms with E-state index in [0.717, 1.165) is 12.0 Å². The molecule has 0 radical (unpaired) electrons.